The van der Waals surface area contributed by atoms with Crippen molar-refractivity contribution in [2.45, 2.75) is 26.0 Å². The van der Waals surface area contributed by atoms with Gasteiger partial charge in [0.1, 0.15) is 21.7 Å². The van der Waals surface area contributed by atoms with Crippen molar-refractivity contribution in [3.8, 4) is 11.5 Å². The molecule has 2 N–H and O–H groups in total. The van der Waals surface area contributed by atoms with Gasteiger partial charge in [-0.15, -0.1) is 0 Å². The first kappa shape index (κ1) is 27.8. The molecule has 1 aromatic heterocycles. The second-order valence-corrected chi connectivity index (χ2v) is 9.50. The van der Waals surface area contributed by atoms with Gasteiger partial charge in [0.05, 0.1) is 38.0 Å². The smallest absolute Gasteiger partial charge is 0.357 e. The Balaban J connectivity index is 1.98. The molecule has 0 fully saturated rings. The molecule has 39 heavy (non-hydrogen) atoms. The molecule has 2 heterocycles. The van der Waals surface area contributed by atoms with Crippen LogP contribution in [0.2, 0.25) is 0 Å². The molecule has 1 atom stereocenters. The van der Waals surface area contributed by atoms with Crippen LogP contribution in [0.3, 0.4) is 0 Å². The summed E-state index contributed by atoms with van der Waals surface area (Å²) in [5.41, 5.74) is 7.77. The SMILES string of the molecule is CCOC(=O)c1c(N)/c(=C\c2ccc(OCC)cc2)c2n1C(=O)[C@H](c1ccc(OCC)cc1)SC=2C(=O)OC. The fourth-order valence-corrected chi connectivity index (χ4v) is 5.52. The molecule has 204 valence electrons. The quantitative estimate of drug-likeness (QED) is 0.400. The number of esters is 2. The van der Waals surface area contributed by atoms with Gasteiger partial charge in [-0.05, 0) is 62.2 Å². The van der Waals surface area contributed by atoms with Crippen LogP contribution in [0.25, 0.3) is 11.0 Å². The number of hydrogen-bond donors (Lipinski definition) is 1. The number of anilines is 1. The van der Waals surface area contributed by atoms with E-state index in [1.807, 2.05) is 26.0 Å². The number of carbonyl (C=O) groups is 3. The Morgan fingerprint density at radius 3 is 2.05 bits per heavy atom. The Morgan fingerprint density at radius 1 is 0.923 bits per heavy atom. The van der Waals surface area contributed by atoms with Crippen LogP contribution in [0.4, 0.5) is 5.69 Å². The summed E-state index contributed by atoms with van der Waals surface area (Å²) in [6, 6.07) is 14.2. The molecule has 9 nitrogen and oxygen atoms in total. The largest absolute Gasteiger partial charge is 0.494 e. The third-order valence-electron chi connectivity index (χ3n) is 5.98. The van der Waals surface area contributed by atoms with Crippen LogP contribution in [-0.4, -0.2) is 49.3 Å². The molecule has 2 aromatic carbocycles. The number of fused-ring (bicyclic) bond motifs is 1. The molecular formula is C29H30N2O7S. The summed E-state index contributed by atoms with van der Waals surface area (Å²) in [5.74, 6) is -0.513. The molecule has 4 rings (SSSR count). The van der Waals surface area contributed by atoms with Crippen molar-refractivity contribution in [3.63, 3.8) is 0 Å². The van der Waals surface area contributed by atoms with E-state index in [2.05, 4.69) is 0 Å². The Morgan fingerprint density at radius 2 is 1.51 bits per heavy atom. The minimum atomic E-state index is -0.847. The van der Waals surface area contributed by atoms with E-state index in [0.29, 0.717) is 35.5 Å². The summed E-state index contributed by atoms with van der Waals surface area (Å²) in [7, 11) is 1.26. The molecule has 1 aliphatic heterocycles. The monoisotopic (exact) mass is 550 g/mol. The highest BCUT2D eigenvalue weighted by Crippen LogP contribution is 2.40. The van der Waals surface area contributed by atoms with Crippen LogP contribution in [0.15, 0.2) is 48.5 Å². The first-order chi connectivity index (χ1) is 18.8. The predicted octanol–water partition coefficient (Wildman–Crippen LogP) is 3.28. The minimum absolute atomic E-state index is 0.0278. The maximum Gasteiger partial charge on any atom is 0.357 e. The van der Waals surface area contributed by atoms with Gasteiger partial charge in [-0.25, -0.2) is 9.59 Å². The highest BCUT2D eigenvalue weighted by atomic mass is 32.2. The number of aromatic nitrogens is 1. The summed E-state index contributed by atoms with van der Waals surface area (Å²) in [5, 5.41) is -0.317. The van der Waals surface area contributed by atoms with Crippen LogP contribution in [-0.2, 0) is 14.3 Å². The molecule has 0 aliphatic carbocycles. The number of nitrogen functional groups attached to an aromatic ring is 1. The first-order valence-electron chi connectivity index (χ1n) is 12.5. The van der Waals surface area contributed by atoms with Crippen molar-refractivity contribution in [2.24, 2.45) is 0 Å². The number of methoxy groups -OCH3 is 1. The molecule has 10 heteroatoms. The van der Waals surface area contributed by atoms with Gasteiger partial charge in [0.2, 0.25) is 5.91 Å². The van der Waals surface area contributed by atoms with Crippen LogP contribution in [0.5, 0.6) is 11.5 Å². The lowest BCUT2D eigenvalue weighted by Gasteiger charge is -2.23. The average Bonchev–Trinajstić information content (AvgIpc) is 3.23. The lowest BCUT2D eigenvalue weighted by Crippen LogP contribution is -2.42. The average molecular weight is 551 g/mol. The minimum Gasteiger partial charge on any atom is -0.494 e. The van der Waals surface area contributed by atoms with Gasteiger partial charge in [0, 0.05) is 5.22 Å². The number of hydrogen-bond acceptors (Lipinski definition) is 9. The van der Waals surface area contributed by atoms with Gasteiger partial charge < -0.3 is 24.7 Å². The lowest BCUT2D eigenvalue weighted by molar-refractivity contribution is -0.133. The molecule has 0 amide bonds. The van der Waals surface area contributed by atoms with Gasteiger partial charge in [-0.3, -0.25) is 9.36 Å². The molecule has 0 radical (unpaired) electrons. The number of thioether (sulfide) groups is 1. The number of rotatable bonds is 9. The van der Waals surface area contributed by atoms with Crippen molar-refractivity contribution in [3.05, 3.63) is 75.9 Å². The summed E-state index contributed by atoms with van der Waals surface area (Å²) >= 11 is 1.05. The zero-order chi connectivity index (χ0) is 28.1. The van der Waals surface area contributed by atoms with Crippen LogP contribution in [0, 0.1) is 0 Å². The van der Waals surface area contributed by atoms with Crippen LogP contribution in [0.1, 0.15) is 52.4 Å². The van der Waals surface area contributed by atoms with E-state index < -0.39 is 23.1 Å². The summed E-state index contributed by atoms with van der Waals surface area (Å²) in [4.78, 5) is 40.3. The van der Waals surface area contributed by atoms with E-state index in [0.717, 1.165) is 17.3 Å². The van der Waals surface area contributed by atoms with E-state index in [1.165, 1.54) is 11.7 Å². The Kier molecular flexibility index (Phi) is 8.65. The Bertz CT molecular complexity index is 1510. The normalized spacial score (nSPS) is 15.1. The maximum atomic E-state index is 14.0. The van der Waals surface area contributed by atoms with Gasteiger partial charge in [0.15, 0.2) is 5.69 Å². The van der Waals surface area contributed by atoms with Crippen molar-refractivity contribution in [1.82, 2.24) is 4.57 Å². The van der Waals surface area contributed by atoms with Gasteiger partial charge in [-0.2, -0.15) is 0 Å². The summed E-state index contributed by atoms with van der Waals surface area (Å²) in [6.45, 7) is 6.54. The molecule has 0 saturated heterocycles. The molecular weight excluding hydrogens is 520 g/mol. The van der Waals surface area contributed by atoms with Crippen molar-refractivity contribution >= 4 is 46.3 Å². The Hall–Kier alpha value is -4.18. The third-order valence-corrected chi connectivity index (χ3v) is 7.28. The fraction of sp³-hybridized carbons (Fsp3) is 0.276. The van der Waals surface area contributed by atoms with E-state index in [9.17, 15) is 14.4 Å². The fourth-order valence-electron chi connectivity index (χ4n) is 4.29. The second kappa shape index (κ2) is 12.1. The zero-order valence-corrected chi connectivity index (χ0v) is 23.0. The van der Waals surface area contributed by atoms with E-state index >= 15 is 0 Å². The van der Waals surface area contributed by atoms with Gasteiger partial charge in [0.25, 0.3) is 0 Å². The topological polar surface area (TPSA) is 119 Å². The molecule has 0 unspecified atom stereocenters. The van der Waals surface area contributed by atoms with E-state index in [1.54, 1.807) is 49.4 Å². The van der Waals surface area contributed by atoms with Gasteiger partial charge >= 0.3 is 11.9 Å². The molecule has 3 aromatic rings. The molecule has 1 aliphatic rings. The number of nitrogens with two attached hydrogens (primary N) is 1. The molecule has 0 spiro atoms. The number of ether oxygens (including phenoxy) is 4. The number of benzene rings is 2. The van der Waals surface area contributed by atoms with Crippen LogP contribution < -0.4 is 25.8 Å². The lowest BCUT2D eigenvalue weighted by atomic mass is 10.1. The zero-order valence-electron chi connectivity index (χ0n) is 22.2. The third kappa shape index (κ3) is 5.51. The van der Waals surface area contributed by atoms with E-state index in [-0.39, 0.29) is 28.2 Å². The standard InChI is InChI=1S/C29H30N2O7S/c1-5-36-19-12-8-17(9-13-19)16-21-22(30)24(28(33)38-7-3)31-23(21)26(29(34)35-4)39-25(27(31)32)18-10-14-20(15-11-18)37-6-2/h8-16,25H,5-7,30H2,1-4H3/b21-16+/t25-/m0/s1. The summed E-state index contributed by atoms with van der Waals surface area (Å²) < 4.78 is 22.6. The van der Waals surface area contributed by atoms with Crippen molar-refractivity contribution < 1.29 is 33.3 Å². The van der Waals surface area contributed by atoms with E-state index in [4.69, 9.17) is 24.7 Å². The van der Waals surface area contributed by atoms with Crippen LogP contribution >= 0.6 is 11.8 Å². The Labute approximate surface area is 230 Å². The van der Waals surface area contributed by atoms with Gasteiger partial charge in [-0.1, -0.05) is 36.0 Å². The number of nitrogens with zero attached hydrogens (tertiary/aromatic N) is 1. The first-order valence-corrected chi connectivity index (χ1v) is 13.4. The highest BCUT2D eigenvalue weighted by molar-refractivity contribution is 8.10. The highest BCUT2D eigenvalue weighted by Gasteiger charge is 2.38. The second-order valence-electron chi connectivity index (χ2n) is 8.39. The molecule has 0 saturated carbocycles. The maximum absolute atomic E-state index is 14.0. The molecule has 0 bridgehead atoms. The van der Waals surface area contributed by atoms with Crippen molar-refractivity contribution in [2.75, 3.05) is 32.7 Å². The summed E-state index contributed by atoms with van der Waals surface area (Å²) in [6.07, 6.45) is 1.72. The van der Waals surface area contributed by atoms with Crippen molar-refractivity contribution in [1.29, 1.82) is 0 Å². The predicted molar refractivity (Wildman–Crippen MR) is 149 cm³/mol. The number of carbonyl (C=O) groups excluding carboxylic acids is 3.